The maximum absolute atomic E-state index is 12.5. The van der Waals surface area contributed by atoms with Crippen LogP contribution < -0.4 is 5.32 Å². The number of amides is 4. The number of nitrogens with zero attached hydrogens (tertiary/aromatic N) is 5. The van der Waals surface area contributed by atoms with Crippen LogP contribution in [0.5, 0.6) is 0 Å². The number of aliphatic hydroxyl groups is 9. The minimum atomic E-state index is -3.11. The van der Waals surface area contributed by atoms with Gasteiger partial charge in [-0.2, -0.15) is 0 Å². The van der Waals surface area contributed by atoms with Crippen molar-refractivity contribution in [2.75, 3.05) is 106 Å². The van der Waals surface area contributed by atoms with Crippen LogP contribution in [0.15, 0.2) is 121 Å². The molecule has 0 unspecified atom stereocenters. The van der Waals surface area contributed by atoms with Crippen LogP contribution in [0, 0.1) is 112 Å². The Hall–Kier alpha value is -9.73. The lowest BCUT2D eigenvalue weighted by Crippen LogP contribution is -2.42. The number of likely N-dealkylation sites (N-methyl/N-ethyl adjacent to an activating group) is 4. The standard InChI is InChI=1S/C19H25NO3.C17H23NO2.C16H21NO2.C10H15NO.C10H17O4P.C9H15NO2.C7H10O2.C6H7ClO.C6H15N.C3H9O3P.C3H8O/c1-6-7-11-14(2)19(22)20(5)15(3)18(23-16(4)21)17-12-9-8-10-13-17;1-5-6-10-13(2)17(20)18(4)14(3)16(19)15-11-8-7-9-12-15;1-4-5-7-12-15(18)17(3)13(2)16(19)14-10-8-6-9-11-14;1-8(11-2)10(12)9-6-4-3-5-7-9;1-3-4-5-9(2)10(13)6-15(14,7-11)8-12;1-4-5-6-8(2)9(12)10(3)7-11;1-3-4-5-6(2)7(8)9;1-2-3-4-5-6(7)8;1-4-7(5-2)6-3;1-7(6,2-4)3-5;1-2-3-4/h8-10,12-15,18H,11H2,1-5H3;7-9,11-14,16,19H,10H2,1-4H3;6,8-11,13,16,19H,7,12H2,1-3H3;3-8,10-12H,1-2H3;9,11-12H,5-8H2,1-2H3;8,11H,6-7H2,1-3H3;6H,5H2,1-2H3,(H,8,9);4-5H2,1H3;4-6H2,1-3H3;4-5H,2-3H2,1H3;4H,2-3H2,1H3/t14-,15-,18+;13-,14-,16+;13-,16+;8-,10+;9-;8-;6-;;;;/m0000000..../s1. The van der Waals surface area contributed by atoms with Gasteiger partial charge in [0.15, 0.2) is 0 Å². The molecule has 0 fully saturated rings. The number of hydrogen-bond donors (Lipinski definition) is 11. The summed E-state index contributed by atoms with van der Waals surface area (Å²) in [6.07, 6.45) is 0.715. The molecule has 0 aromatic heterocycles. The van der Waals surface area contributed by atoms with E-state index in [1.54, 1.807) is 112 Å². The number of carboxylic acid groups (broad SMARTS) is 1. The van der Waals surface area contributed by atoms with Crippen LogP contribution >= 0.6 is 25.9 Å². The van der Waals surface area contributed by atoms with Crippen molar-refractivity contribution in [3.63, 3.8) is 0 Å². The molecule has 0 aliphatic heterocycles. The highest BCUT2D eigenvalue weighted by Crippen LogP contribution is 2.43. The number of halogens is 1. The van der Waals surface area contributed by atoms with Gasteiger partial charge in [-0.1, -0.05) is 184 Å². The van der Waals surface area contributed by atoms with Crippen LogP contribution in [-0.2, 0) is 52.2 Å². The number of aliphatic carboxylic acids is 1. The molecule has 762 valence electrons. The van der Waals surface area contributed by atoms with E-state index in [-0.39, 0.29) is 107 Å². The van der Waals surface area contributed by atoms with Gasteiger partial charge >= 0.3 is 11.9 Å². The van der Waals surface area contributed by atoms with Crippen LogP contribution in [0.1, 0.15) is 256 Å². The molecule has 0 heterocycles. The Bertz CT molecular complexity index is 4450. The zero-order valence-electron chi connectivity index (χ0n) is 86.2. The first kappa shape index (κ1) is 139. The summed E-state index contributed by atoms with van der Waals surface area (Å²) in [5.74, 6) is 36.3. The second-order valence-electron chi connectivity index (χ2n) is 31.5. The lowest BCUT2D eigenvalue weighted by Gasteiger charge is -2.33. The number of nitrogens with one attached hydrogen (secondary N) is 1. The molecule has 136 heavy (non-hydrogen) atoms. The third-order valence-electron chi connectivity index (χ3n) is 20.2. The fourth-order valence-corrected chi connectivity index (χ4v) is 11.8. The van der Waals surface area contributed by atoms with E-state index >= 15 is 0 Å². The summed E-state index contributed by atoms with van der Waals surface area (Å²) < 4.78 is 27.5. The van der Waals surface area contributed by atoms with Crippen molar-refractivity contribution >= 4 is 72.5 Å². The van der Waals surface area contributed by atoms with Crippen molar-refractivity contribution in [1.82, 2.24) is 29.8 Å². The number of hydrogen-bond acceptors (Lipinski definition) is 22. The molecule has 27 nitrogen and oxygen atoms in total. The molecular weight excluding hydrogens is 1790 g/mol. The number of carbonyl (C=O) groups is 8. The van der Waals surface area contributed by atoms with Gasteiger partial charge < -0.3 is 94.7 Å². The molecular formula is C106H165ClN6O21P2. The van der Waals surface area contributed by atoms with E-state index in [9.17, 15) is 62.8 Å². The minimum absolute atomic E-state index is 0.00484. The Morgan fingerprint density at radius 2 is 0.743 bits per heavy atom. The SMILES string of the molecule is CC#CCCC(=O)Cl.CC#CCCC(=O)N(C)[C@@H](C)[C@@H](O)c1ccccc1.CC#CC[C@H](C)C(=O)CP(=O)(CO)CO.CC#CC[C@H](C)C(=O)N(C)CO.CC#CC[C@H](C)C(=O)N(C)[C@@H](C)[C@@H](O)c1ccccc1.CC#CC[C@H](C)C(=O)N(C)[C@@H](C)[C@@H](OC(C)=O)c1ccccc1.CC#CC[C@H](C)C(=O)O.CCCO.CCN(CC)CC.CN[C@@H](C)[C@@H](O)c1ccccc1.CP(=O)(CO)CO. The molecule has 13 atom stereocenters. The predicted octanol–water partition coefficient (Wildman–Crippen LogP) is 15.1. The molecule has 0 aliphatic rings. The molecule has 0 aliphatic carbocycles. The summed E-state index contributed by atoms with van der Waals surface area (Å²) in [7, 11) is 2.95. The molecule has 0 spiro atoms. The number of carbonyl (C=O) groups excluding carboxylic acids is 7. The normalized spacial score (nSPS) is 12.7. The van der Waals surface area contributed by atoms with Gasteiger partial charge in [-0.05, 0) is 150 Å². The first-order valence-electron chi connectivity index (χ1n) is 45.5. The molecule has 0 radical (unpaired) electrons. The molecule has 0 saturated heterocycles. The summed E-state index contributed by atoms with van der Waals surface area (Å²) in [4.78, 5) is 99.7. The second kappa shape index (κ2) is 88.0. The van der Waals surface area contributed by atoms with E-state index in [0.29, 0.717) is 64.4 Å². The maximum Gasteiger partial charge on any atom is 0.307 e. The summed E-state index contributed by atoms with van der Waals surface area (Å²) >= 11 is 5.01. The quantitative estimate of drug-likeness (QED) is 0.00653. The monoisotopic (exact) mass is 1960 g/mol. The highest BCUT2D eigenvalue weighted by atomic mass is 35.5. The Morgan fingerprint density at radius 1 is 0.434 bits per heavy atom. The van der Waals surface area contributed by atoms with Crippen molar-refractivity contribution in [3.05, 3.63) is 144 Å². The molecule has 4 aromatic rings. The third-order valence-corrected chi connectivity index (χ3v) is 23.5. The van der Waals surface area contributed by atoms with Crippen molar-refractivity contribution in [2.24, 2.45) is 29.6 Å². The summed E-state index contributed by atoms with van der Waals surface area (Å²) in [5.41, 5.74) is 3.47. The highest BCUT2D eigenvalue weighted by Gasteiger charge is 2.32. The van der Waals surface area contributed by atoms with Crippen molar-refractivity contribution in [3.8, 4) is 82.9 Å². The Labute approximate surface area is 821 Å². The minimum Gasteiger partial charge on any atom is -0.481 e. The Morgan fingerprint density at radius 3 is 1.02 bits per heavy atom. The second-order valence-corrected chi connectivity index (χ2v) is 38.1. The summed E-state index contributed by atoms with van der Waals surface area (Å²) in [6.45, 7) is 43.4. The number of ketones is 1. The predicted molar refractivity (Wildman–Crippen MR) is 550 cm³/mol. The maximum atomic E-state index is 12.5. The number of aliphatic hydroxyl groups excluding tert-OH is 9. The molecule has 4 aromatic carbocycles. The van der Waals surface area contributed by atoms with Gasteiger partial charge in [0.25, 0.3) is 0 Å². The van der Waals surface area contributed by atoms with Crippen LogP contribution in [0.3, 0.4) is 0 Å². The average Bonchev–Trinajstić information content (AvgIpc) is 0.834. The zero-order chi connectivity index (χ0) is 106. The van der Waals surface area contributed by atoms with Gasteiger partial charge in [-0.25, -0.2) is 0 Å². The van der Waals surface area contributed by atoms with Crippen LogP contribution in [0.2, 0.25) is 0 Å². The number of Topliss-reactive ketones (excluding diaryl/α,β-unsaturated/α-hetero) is 1. The zero-order valence-corrected chi connectivity index (χ0v) is 88.7. The summed E-state index contributed by atoms with van der Waals surface area (Å²) in [5, 5.41) is 91.8. The Balaban J connectivity index is -0.000000277. The first-order valence-corrected chi connectivity index (χ1v) is 50.7. The largest absolute Gasteiger partial charge is 0.481 e. The first-order chi connectivity index (χ1) is 64.1. The van der Waals surface area contributed by atoms with Gasteiger partial charge in [0, 0.05) is 129 Å². The van der Waals surface area contributed by atoms with Crippen LogP contribution in [-0.4, -0.2) is 253 Å². The summed E-state index contributed by atoms with van der Waals surface area (Å²) in [6, 6.07) is 37.2. The molecule has 0 bridgehead atoms. The number of benzene rings is 4. The molecule has 0 saturated carbocycles. The molecule has 11 N–H and O–H groups in total. The number of carboxylic acids is 1. The van der Waals surface area contributed by atoms with Crippen molar-refractivity contribution < 1.29 is 103 Å². The van der Waals surface area contributed by atoms with Crippen molar-refractivity contribution in [2.45, 2.75) is 258 Å². The van der Waals surface area contributed by atoms with E-state index in [2.05, 4.69) is 114 Å². The average molecular weight is 1960 g/mol. The van der Waals surface area contributed by atoms with Gasteiger partial charge in [-0.15, -0.1) is 82.9 Å². The van der Waals surface area contributed by atoms with Crippen LogP contribution in [0.25, 0.3) is 0 Å². The lowest BCUT2D eigenvalue weighted by atomic mass is 10.00. The number of rotatable bonds is 38. The number of esters is 1. The third kappa shape index (κ3) is 70.0. The van der Waals surface area contributed by atoms with Crippen molar-refractivity contribution in [1.29, 1.82) is 0 Å². The molecule has 4 amide bonds. The van der Waals surface area contributed by atoms with E-state index in [1.807, 2.05) is 177 Å². The van der Waals surface area contributed by atoms with Gasteiger partial charge in [0.05, 0.1) is 73.9 Å². The molecule has 4 rings (SSSR count). The highest BCUT2D eigenvalue weighted by molar-refractivity contribution is 7.64. The van der Waals surface area contributed by atoms with Gasteiger partial charge in [0.1, 0.15) is 32.9 Å². The smallest absolute Gasteiger partial charge is 0.307 e. The van der Waals surface area contributed by atoms with Gasteiger partial charge in [0.2, 0.25) is 28.9 Å². The van der Waals surface area contributed by atoms with E-state index in [1.165, 1.54) is 38.1 Å². The topological polar surface area (TPSA) is 410 Å². The van der Waals surface area contributed by atoms with E-state index < -0.39 is 70.1 Å². The van der Waals surface area contributed by atoms with E-state index in [4.69, 9.17) is 52.1 Å². The molecule has 30 heteroatoms. The lowest BCUT2D eigenvalue weighted by molar-refractivity contribution is -0.154. The number of ether oxygens (including phenoxy) is 1. The van der Waals surface area contributed by atoms with Gasteiger partial charge in [-0.3, -0.25) is 38.4 Å². The Kier molecular flexibility index (Phi) is 90.1. The van der Waals surface area contributed by atoms with Crippen LogP contribution in [0.4, 0.5) is 0 Å². The van der Waals surface area contributed by atoms with E-state index in [0.717, 1.165) is 28.7 Å². The fourth-order valence-electron chi connectivity index (χ4n) is 10.4. The fraction of sp³-hybridized carbons (Fsp3) is 0.566.